The largest absolute Gasteiger partial charge is 0.493 e. The maximum atomic E-state index is 11.7. The maximum Gasteiger partial charge on any atom is 0.290 e. The number of rotatable bonds is 1. The summed E-state index contributed by atoms with van der Waals surface area (Å²) in [5.41, 5.74) is 0.247. The van der Waals surface area contributed by atoms with Crippen LogP contribution in [0.5, 0.6) is 5.88 Å². The molecule has 0 radical (unpaired) electrons. The average molecular weight is 227 g/mol. The highest BCUT2D eigenvalue weighted by Gasteiger charge is 2.13. The van der Waals surface area contributed by atoms with Crippen molar-refractivity contribution in [3.05, 3.63) is 52.3 Å². The van der Waals surface area contributed by atoms with Crippen LogP contribution in [0.25, 0.3) is 11.1 Å². The minimum absolute atomic E-state index is 0.0866. The molecule has 0 bridgehead atoms. The molecule has 0 saturated heterocycles. The van der Waals surface area contributed by atoms with Crippen LogP contribution in [0.3, 0.4) is 0 Å². The van der Waals surface area contributed by atoms with E-state index in [-0.39, 0.29) is 11.4 Å². The van der Waals surface area contributed by atoms with Crippen LogP contribution in [0.4, 0.5) is 0 Å². The number of aromatic nitrogens is 1. The van der Waals surface area contributed by atoms with Crippen LogP contribution in [0.2, 0.25) is 0 Å². The van der Waals surface area contributed by atoms with Crippen molar-refractivity contribution >= 4 is 0 Å². The zero-order valence-corrected chi connectivity index (χ0v) is 8.79. The predicted molar refractivity (Wildman–Crippen MR) is 62.7 cm³/mol. The molecule has 17 heavy (non-hydrogen) atoms. The number of nitrogen functional groups attached to an aromatic ring is 1. The lowest BCUT2D eigenvalue weighted by atomic mass is 10.0. The number of nitriles is 1. The van der Waals surface area contributed by atoms with Gasteiger partial charge in [-0.15, -0.1) is 0 Å². The highest BCUT2D eigenvalue weighted by atomic mass is 16.3. The van der Waals surface area contributed by atoms with E-state index in [1.165, 1.54) is 6.07 Å². The number of benzene rings is 1. The van der Waals surface area contributed by atoms with Gasteiger partial charge in [0.25, 0.3) is 5.56 Å². The SMILES string of the molecule is N#Cc1c(-c2ccccc2)cc(O)n(N)c1=O. The van der Waals surface area contributed by atoms with Gasteiger partial charge in [0.15, 0.2) is 0 Å². The normalized spacial score (nSPS) is 9.82. The second kappa shape index (κ2) is 4.02. The molecule has 0 aliphatic heterocycles. The molecule has 0 aliphatic rings. The Bertz CT molecular complexity index is 654. The molecule has 2 rings (SSSR count). The Kier molecular flexibility index (Phi) is 2.55. The summed E-state index contributed by atoms with van der Waals surface area (Å²) in [6.07, 6.45) is 0. The molecule has 5 nitrogen and oxygen atoms in total. The van der Waals surface area contributed by atoms with E-state index in [0.29, 0.717) is 15.8 Å². The van der Waals surface area contributed by atoms with Gasteiger partial charge in [0.05, 0.1) is 0 Å². The van der Waals surface area contributed by atoms with Gasteiger partial charge in [0, 0.05) is 11.6 Å². The first-order valence-corrected chi connectivity index (χ1v) is 4.84. The van der Waals surface area contributed by atoms with E-state index in [1.54, 1.807) is 30.3 Å². The summed E-state index contributed by atoms with van der Waals surface area (Å²) in [7, 11) is 0. The van der Waals surface area contributed by atoms with Gasteiger partial charge < -0.3 is 10.9 Å². The van der Waals surface area contributed by atoms with Crippen molar-refractivity contribution in [3.63, 3.8) is 0 Å². The van der Waals surface area contributed by atoms with E-state index in [2.05, 4.69) is 0 Å². The molecule has 0 saturated carbocycles. The van der Waals surface area contributed by atoms with E-state index < -0.39 is 5.56 Å². The topological polar surface area (TPSA) is 92.0 Å². The smallest absolute Gasteiger partial charge is 0.290 e. The van der Waals surface area contributed by atoms with Crippen molar-refractivity contribution in [2.45, 2.75) is 0 Å². The molecule has 1 aromatic heterocycles. The number of hydrogen-bond donors (Lipinski definition) is 2. The Balaban J connectivity index is 2.81. The number of hydrogen-bond acceptors (Lipinski definition) is 4. The van der Waals surface area contributed by atoms with Crippen LogP contribution in [0.15, 0.2) is 41.2 Å². The summed E-state index contributed by atoms with van der Waals surface area (Å²) in [5, 5.41) is 18.5. The van der Waals surface area contributed by atoms with Crippen molar-refractivity contribution in [1.29, 1.82) is 5.26 Å². The highest BCUT2D eigenvalue weighted by Crippen LogP contribution is 2.23. The standard InChI is InChI=1S/C12H9N3O2/c13-7-10-9(8-4-2-1-3-5-8)6-11(16)15(14)12(10)17/h1-6,16H,14H2. The molecule has 0 unspecified atom stereocenters. The first kappa shape index (κ1) is 10.8. The van der Waals surface area contributed by atoms with Crippen molar-refractivity contribution in [2.75, 3.05) is 5.84 Å². The summed E-state index contributed by atoms with van der Waals surface area (Å²) in [4.78, 5) is 11.7. The third-order valence-electron chi connectivity index (χ3n) is 2.42. The molecule has 0 aliphatic carbocycles. The van der Waals surface area contributed by atoms with E-state index in [0.717, 1.165) is 0 Å². The Morgan fingerprint density at radius 2 is 1.94 bits per heavy atom. The quantitative estimate of drug-likeness (QED) is 0.705. The Labute approximate surface area is 96.9 Å². The van der Waals surface area contributed by atoms with E-state index in [9.17, 15) is 9.90 Å². The van der Waals surface area contributed by atoms with Crippen molar-refractivity contribution in [2.24, 2.45) is 0 Å². The first-order chi connectivity index (χ1) is 8.15. The van der Waals surface area contributed by atoms with Crippen molar-refractivity contribution in [1.82, 2.24) is 4.68 Å². The fraction of sp³-hybridized carbons (Fsp3) is 0. The first-order valence-electron chi connectivity index (χ1n) is 4.84. The van der Waals surface area contributed by atoms with Crippen LogP contribution in [-0.4, -0.2) is 9.78 Å². The van der Waals surface area contributed by atoms with E-state index in [1.807, 2.05) is 6.07 Å². The second-order valence-corrected chi connectivity index (χ2v) is 3.44. The van der Waals surface area contributed by atoms with Crippen LogP contribution in [-0.2, 0) is 0 Å². The fourth-order valence-corrected chi connectivity index (χ4v) is 1.56. The molecule has 0 fully saturated rings. The van der Waals surface area contributed by atoms with Gasteiger partial charge in [-0.25, -0.2) is 0 Å². The van der Waals surface area contributed by atoms with Crippen LogP contribution in [0.1, 0.15) is 5.56 Å². The molecule has 2 aromatic rings. The minimum atomic E-state index is -0.716. The summed E-state index contributed by atoms with van der Waals surface area (Å²) < 4.78 is 0.547. The average Bonchev–Trinajstić information content (AvgIpc) is 2.36. The van der Waals surface area contributed by atoms with E-state index >= 15 is 0 Å². The molecule has 3 N–H and O–H groups in total. The summed E-state index contributed by atoms with van der Waals surface area (Å²) >= 11 is 0. The van der Waals surface area contributed by atoms with Gasteiger partial charge in [-0.3, -0.25) is 4.79 Å². The highest BCUT2D eigenvalue weighted by molar-refractivity contribution is 5.70. The number of pyridine rings is 1. The monoisotopic (exact) mass is 227 g/mol. The third-order valence-corrected chi connectivity index (χ3v) is 2.42. The predicted octanol–water partition coefficient (Wildman–Crippen LogP) is 0.806. The molecule has 0 spiro atoms. The Morgan fingerprint density at radius 1 is 1.29 bits per heavy atom. The molecule has 84 valence electrons. The zero-order chi connectivity index (χ0) is 12.4. The van der Waals surface area contributed by atoms with Gasteiger partial charge in [-0.1, -0.05) is 30.3 Å². The molecule has 0 atom stereocenters. The lowest BCUT2D eigenvalue weighted by molar-refractivity contribution is 0.430. The molecule has 0 amide bonds. The number of aromatic hydroxyl groups is 1. The van der Waals surface area contributed by atoms with E-state index in [4.69, 9.17) is 11.1 Å². The molecular weight excluding hydrogens is 218 g/mol. The molecule has 5 heteroatoms. The lowest BCUT2D eigenvalue weighted by Gasteiger charge is -2.07. The summed E-state index contributed by atoms with van der Waals surface area (Å²) in [5.74, 6) is 4.93. The summed E-state index contributed by atoms with van der Waals surface area (Å²) in [6.45, 7) is 0. The minimum Gasteiger partial charge on any atom is -0.493 e. The van der Waals surface area contributed by atoms with Gasteiger partial charge in [0.1, 0.15) is 11.6 Å². The van der Waals surface area contributed by atoms with Crippen LogP contribution in [0, 0.1) is 11.3 Å². The second-order valence-electron chi connectivity index (χ2n) is 3.44. The molecule has 1 aromatic carbocycles. The number of nitrogens with two attached hydrogens (primary N) is 1. The van der Waals surface area contributed by atoms with Gasteiger partial charge in [0.2, 0.25) is 5.88 Å². The lowest BCUT2D eigenvalue weighted by Crippen LogP contribution is -2.29. The van der Waals surface area contributed by atoms with Crippen molar-refractivity contribution in [3.8, 4) is 23.1 Å². The zero-order valence-electron chi connectivity index (χ0n) is 8.79. The Hall–Kier alpha value is -2.74. The summed E-state index contributed by atoms with van der Waals surface area (Å²) in [6, 6.07) is 12.0. The maximum absolute atomic E-state index is 11.7. The molecular formula is C12H9N3O2. The van der Waals surface area contributed by atoms with Gasteiger partial charge in [-0.2, -0.15) is 9.94 Å². The number of nitrogens with zero attached hydrogens (tertiary/aromatic N) is 2. The fourth-order valence-electron chi connectivity index (χ4n) is 1.56. The van der Waals surface area contributed by atoms with Crippen LogP contribution >= 0.6 is 0 Å². The van der Waals surface area contributed by atoms with Crippen molar-refractivity contribution < 1.29 is 5.11 Å². The van der Waals surface area contributed by atoms with Crippen LogP contribution < -0.4 is 11.4 Å². The Morgan fingerprint density at radius 3 is 2.53 bits per heavy atom. The third kappa shape index (κ3) is 1.72. The molecule has 1 heterocycles. The van der Waals surface area contributed by atoms with Gasteiger partial charge in [-0.05, 0) is 5.56 Å². The van der Waals surface area contributed by atoms with Gasteiger partial charge >= 0.3 is 0 Å².